The van der Waals surface area contributed by atoms with Crippen molar-refractivity contribution < 1.29 is 14.0 Å². The summed E-state index contributed by atoms with van der Waals surface area (Å²) in [5, 5.41) is 1.29. The van der Waals surface area contributed by atoms with Crippen LogP contribution in [0, 0.1) is 6.92 Å². The van der Waals surface area contributed by atoms with E-state index in [9.17, 15) is 14.4 Å². The van der Waals surface area contributed by atoms with Crippen molar-refractivity contribution in [3.63, 3.8) is 0 Å². The van der Waals surface area contributed by atoms with Gasteiger partial charge < -0.3 is 4.42 Å². The zero-order valence-corrected chi connectivity index (χ0v) is 18.4. The molecule has 0 saturated carbocycles. The largest absolute Gasteiger partial charge is 0.459 e. The van der Waals surface area contributed by atoms with Crippen LogP contribution in [0.1, 0.15) is 16.1 Å². The van der Waals surface area contributed by atoms with Gasteiger partial charge in [-0.05, 0) is 48.9 Å². The Balaban J connectivity index is 1.61. The SMILES string of the molecule is Cc1c(Cl)cccc1-n1c(SCC(=O)NNC(=O)c2ccco2)nc2ccccc2c1=O. The van der Waals surface area contributed by atoms with Crippen molar-refractivity contribution >= 4 is 46.1 Å². The number of carbonyl (C=O) groups excluding carboxylic acids is 2. The summed E-state index contributed by atoms with van der Waals surface area (Å²) in [6.07, 6.45) is 1.36. The molecule has 0 bridgehead atoms. The average molecular weight is 469 g/mol. The van der Waals surface area contributed by atoms with Gasteiger partial charge in [-0.25, -0.2) is 4.98 Å². The molecule has 0 saturated heterocycles. The number of fused-ring (bicyclic) bond motifs is 1. The lowest BCUT2D eigenvalue weighted by Crippen LogP contribution is -2.42. The third-order valence-corrected chi connectivity index (χ3v) is 5.97. The van der Waals surface area contributed by atoms with E-state index in [1.807, 2.05) is 6.92 Å². The second-order valence-corrected chi connectivity index (χ2v) is 8.05. The molecule has 32 heavy (non-hydrogen) atoms. The van der Waals surface area contributed by atoms with Crippen LogP contribution in [0.15, 0.2) is 75.2 Å². The molecule has 0 radical (unpaired) electrons. The number of hydrazine groups is 1. The molecule has 0 spiro atoms. The molecular formula is C22H17ClN4O4S. The molecule has 2 heterocycles. The summed E-state index contributed by atoms with van der Waals surface area (Å²) in [5.41, 5.74) is 6.13. The highest BCUT2D eigenvalue weighted by atomic mass is 35.5. The molecule has 0 unspecified atom stereocenters. The summed E-state index contributed by atoms with van der Waals surface area (Å²) < 4.78 is 6.42. The number of benzene rings is 2. The van der Waals surface area contributed by atoms with Gasteiger partial charge in [-0.3, -0.25) is 29.8 Å². The number of carbonyl (C=O) groups is 2. The molecule has 4 rings (SSSR count). The summed E-state index contributed by atoms with van der Waals surface area (Å²) in [4.78, 5) is 42.1. The fourth-order valence-electron chi connectivity index (χ4n) is 3.02. The summed E-state index contributed by atoms with van der Waals surface area (Å²) >= 11 is 7.34. The van der Waals surface area contributed by atoms with Crippen molar-refractivity contribution in [3.05, 3.63) is 87.6 Å². The summed E-state index contributed by atoms with van der Waals surface area (Å²) in [5.74, 6) is -1.09. The smallest absolute Gasteiger partial charge is 0.305 e. The first-order valence-corrected chi connectivity index (χ1v) is 10.8. The monoisotopic (exact) mass is 468 g/mol. The van der Waals surface area contributed by atoms with E-state index in [1.165, 1.54) is 16.9 Å². The van der Waals surface area contributed by atoms with Crippen molar-refractivity contribution in [2.24, 2.45) is 0 Å². The minimum Gasteiger partial charge on any atom is -0.459 e. The quantitative estimate of drug-likeness (QED) is 0.264. The molecule has 0 aliphatic carbocycles. The number of hydrogen-bond acceptors (Lipinski definition) is 6. The molecule has 0 aliphatic heterocycles. The fourth-order valence-corrected chi connectivity index (χ4v) is 4.00. The number of rotatable bonds is 5. The van der Waals surface area contributed by atoms with Crippen LogP contribution in [0.3, 0.4) is 0 Å². The van der Waals surface area contributed by atoms with Crippen LogP contribution < -0.4 is 16.4 Å². The molecular weight excluding hydrogens is 452 g/mol. The average Bonchev–Trinajstić information content (AvgIpc) is 3.34. The molecule has 4 aromatic rings. The van der Waals surface area contributed by atoms with Gasteiger partial charge in [-0.15, -0.1) is 0 Å². The summed E-state index contributed by atoms with van der Waals surface area (Å²) in [6.45, 7) is 1.81. The van der Waals surface area contributed by atoms with Gasteiger partial charge in [0.05, 0.1) is 28.6 Å². The van der Waals surface area contributed by atoms with Gasteiger partial charge in [0.2, 0.25) is 5.91 Å². The van der Waals surface area contributed by atoms with Crippen LogP contribution in [-0.4, -0.2) is 27.1 Å². The maximum atomic E-state index is 13.3. The van der Waals surface area contributed by atoms with E-state index >= 15 is 0 Å². The van der Waals surface area contributed by atoms with E-state index < -0.39 is 11.8 Å². The number of amides is 2. The standard InChI is InChI=1S/C22H17ClN4O4S/c1-13-15(23)7-4-9-17(13)27-21(30)14-6-2-3-8-16(14)24-22(27)32-12-19(28)25-26-20(29)18-10-5-11-31-18/h2-11H,12H2,1H3,(H,25,28)(H,26,29). The number of furan rings is 1. The fraction of sp³-hybridized carbons (Fsp3) is 0.0909. The predicted molar refractivity (Wildman–Crippen MR) is 122 cm³/mol. The number of halogens is 1. The molecule has 2 amide bonds. The zero-order valence-electron chi connectivity index (χ0n) is 16.8. The van der Waals surface area contributed by atoms with Gasteiger partial charge in [-0.1, -0.05) is 41.6 Å². The van der Waals surface area contributed by atoms with E-state index in [1.54, 1.807) is 48.5 Å². The van der Waals surface area contributed by atoms with E-state index in [4.69, 9.17) is 16.0 Å². The molecule has 0 fully saturated rings. The second-order valence-electron chi connectivity index (χ2n) is 6.70. The molecule has 162 valence electrons. The third-order valence-electron chi connectivity index (χ3n) is 4.62. The first-order chi connectivity index (χ1) is 15.5. The highest BCUT2D eigenvalue weighted by molar-refractivity contribution is 7.99. The number of hydrogen-bond donors (Lipinski definition) is 2. The Labute approximate surface area is 191 Å². The number of thioether (sulfide) groups is 1. The molecule has 2 N–H and O–H groups in total. The predicted octanol–water partition coefficient (Wildman–Crippen LogP) is 3.49. The summed E-state index contributed by atoms with van der Waals surface area (Å²) in [6, 6.07) is 15.3. The molecule has 10 heteroatoms. The van der Waals surface area contributed by atoms with Crippen molar-refractivity contribution in [3.8, 4) is 5.69 Å². The molecule has 0 aliphatic rings. The van der Waals surface area contributed by atoms with Crippen molar-refractivity contribution in [2.45, 2.75) is 12.1 Å². The highest BCUT2D eigenvalue weighted by Gasteiger charge is 2.17. The minimum absolute atomic E-state index is 0.0689. The first-order valence-electron chi connectivity index (χ1n) is 9.48. The normalized spacial score (nSPS) is 10.8. The second kappa shape index (κ2) is 9.29. The van der Waals surface area contributed by atoms with Gasteiger partial charge >= 0.3 is 5.91 Å². The zero-order chi connectivity index (χ0) is 22.7. The molecule has 0 atom stereocenters. The first kappa shape index (κ1) is 21.7. The number of nitrogens with one attached hydrogen (secondary N) is 2. The van der Waals surface area contributed by atoms with Gasteiger partial charge in [-0.2, -0.15) is 0 Å². The molecule has 2 aromatic heterocycles. The number of aromatic nitrogens is 2. The Kier molecular flexibility index (Phi) is 6.29. The Hall–Kier alpha value is -3.56. The topological polar surface area (TPSA) is 106 Å². The lowest BCUT2D eigenvalue weighted by atomic mass is 10.2. The van der Waals surface area contributed by atoms with Gasteiger partial charge in [0.25, 0.3) is 5.56 Å². The molecule has 8 nitrogen and oxygen atoms in total. The Morgan fingerprint density at radius 1 is 1.09 bits per heavy atom. The van der Waals surface area contributed by atoms with E-state index in [-0.39, 0.29) is 17.1 Å². The van der Waals surface area contributed by atoms with Crippen LogP contribution in [-0.2, 0) is 4.79 Å². The van der Waals surface area contributed by atoms with Crippen molar-refractivity contribution in [1.29, 1.82) is 0 Å². The number of nitrogens with zero attached hydrogens (tertiary/aromatic N) is 2. The minimum atomic E-state index is -0.580. The van der Waals surface area contributed by atoms with Crippen LogP contribution in [0.2, 0.25) is 5.02 Å². The molecule has 2 aromatic carbocycles. The van der Waals surface area contributed by atoms with Crippen LogP contribution in [0.5, 0.6) is 0 Å². The Morgan fingerprint density at radius 3 is 2.69 bits per heavy atom. The lowest BCUT2D eigenvalue weighted by molar-refractivity contribution is -0.119. The van der Waals surface area contributed by atoms with Gasteiger partial charge in [0, 0.05) is 5.02 Å². The Bertz CT molecular complexity index is 1370. The van der Waals surface area contributed by atoms with E-state index in [2.05, 4.69) is 15.8 Å². The third kappa shape index (κ3) is 4.39. The van der Waals surface area contributed by atoms with Crippen LogP contribution in [0.25, 0.3) is 16.6 Å². The van der Waals surface area contributed by atoms with Crippen molar-refractivity contribution in [2.75, 3.05) is 5.75 Å². The van der Waals surface area contributed by atoms with Crippen LogP contribution >= 0.6 is 23.4 Å². The maximum Gasteiger partial charge on any atom is 0.305 e. The highest BCUT2D eigenvalue weighted by Crippen LogP contribution is 2.26. The van der Waals surface area contributed by atoms with E-state index in [0.717, 1.165) is 11.8 Å². The summed E-state index contributed by atoms with van der Waals surface area (Å²) in [7, 11) is 0. The van der Waals surface area contributed by atoms with Crippen LogP contribution in [0.4, 0.5) is 0 Å². The van der Waals surface area contributed by atoms with E-state index in [0.29, 0.717) is 32.3 Å². The van der Waals surface area contributed by atoms with Gasteiger partial charge in [0.15, 0.2) is 10.9 Å². The number of para-hydroxylation sites is 1. The lowest BCUT2D eigenvalue weighted by Gasteiger charge is -2.15. The Morgan fingerprint density at radius 2 is 1.91 bits per heavy atom. The maximum absolute atomic E-state index is 13.3. The van der Waals surface area contributed by atoms with Crippen molar-refractivity contribution in [1.82, 2.24) is 20.4 Å². The van der Waals surface area contributed by atoms with Gasteiger partial charge in [0.1, 0.15) is 0 Å².